The van der Waals surface area contributed by atoms with Crippen LogP contribution < -0.4 is 27.4 Å². The summed E-state index contributed by atoms with van der Waals surface area (Å²) in [4.78, 5) is 47.2. The van der Waals surface area contributed by atoms with E-state index in [-0.39, 0.29) is 12.5 Å². The first-order valence-electron chi connectivity index (χ1n) is 9.19. The van der Waals surface area contributed by atoms with E-state index in [2.05, 4.69) is 16.0 Å². The van der Waals surface area contributed by atoms with Gasteiger partial charge in [0.2, 0.25) is 17.7 Å². The van der Waals surface area contributed by atoms with Crippen LogP contribution in [-0.2, 0) is 19.2 Å². The van der Waals surface area contributed by atoms with Gasteiger partial charge in [0.25, 0.3) is 0 Å². The zero-order valence-corrected chi connectivity index (χ0v) is 16.3. The minimum absolute atomic E-state index is 0.218. The second-order valence-corrected chi connectivity index (χ2v) is 6.61. The first-order valence-corrected chi connectivity index (χ1v) is 9.19. The van der Waals surface area contributed by atoms with Gasteiger partial charge in [0.1, 0.15) is 12.1 Å². The Balaban J connectivity index is 4.62. The van der Waals surface area contributed by atoms with Gasteiger partial charge in [0, 0.05) is 0 Å². The summed E-state index contributed by atoms with van der Waals surface area (Å²) in [6.07, 6.45) is 2.55. The van der Waals surface area contributed by atoms with Crippen molar-refractivity contribution in [3.63, 3.8) is 0 Å². The zero-order chi connectivity index (χ0) is 21.0. The van der Waals surface area contributed by atoms with Crippen LogP contribution in [0.3, 0.4) is 0 Å². The number of carbonyl (C=O) groups is 4. The molecule has 10 heteroatoms. The molecule has 3 amide bonds. The van der Waals surface area contributed by atoms with E-state index in [1.807, 2.05) is 6.92 Å². The van der Waals surface area contributed by atoms with Crippen molar-refractivity contribution in [3.05, 3.63) is 0 Å². The lowest BCUT2D eigenvalue weighted by Crippen LogP contribution is -2.55. The van der Waals surface area contributed by atoms with Crippen molar-refractivity contribution in [2.24, 2.45) is 17.4 Å². The number of hydrogen-bond acceptors (Lipinski definition) is 6. The van der Waals surface area contributed by atoms with Crippen molar-refractivity contribution in [2.45, 2.75) is 64.6 Å². The Morgan fingerprint density at radius 3 is 2.19 bits per heavy atom. The van der Waals surface area contributed by atoms with Crippen LogP contribution in [-0.4, -0.2) is 60.0 Å². The largest absolute Gasteiger partial charge is 0.480 e. The summed E-state index contributed by atoms with van der Waals surface area (Å²) in [7, 11) is 0. The number of carboxylic acid groups (broad SMARTS) is 1. The number of carboxylic acids is 1. The van der Waals surface area contributed by atoms with Crippen LogP contribution in [0.15, 0.2) is 0 Å². The highest BCUT2D eigenvalue weighted by Gasteiger charge is 2.28. The molecular weight excluding hydrogens is 354 g/mol. The van der Waals surface area contributed by atoms with E-state index in [1.54, 1.807) is 6.92 Å². The average Bonchev–Trinajstić information content (AvgIpc) is 2.63. The highest BCUT2D eigenvalue weighted by molar-refractivity contribution is 5.92. The van der Waals surface area contributed by atoms with Gasteiger partial charge in [-0.15, -0.1) is 0 Å². The second-order valence-electron chi connectivity index (χ2n) is 6.61. The topological polar surface area (TPSA) is 177 Å². The first-order chi connectivity index (χ1) is 12.6. The van der Waals surface area contributed by atoms with Crippen LogP contribution in [0.4, 0.5) is 0 Å². The van der Waals surface area contributed by atoms with E-state index in [4.69, 9.17) is 16.6 Å². The van der Waals surface area contributed by atoms with E-state index < -0.39 is 41.8 Å². The maximum atomic E-state index is 12.3. The quantitative estimate of drug-likeness (QED) is 0.212. The molecule has 10 nitrogen and oxygen atoms in total. The van der Waals surface area contributed by atoms with Gasteiger partial charge in [0.15, 0.2) is 0 Å². The van der Waals surface area contributed by atoms with Crippen molar-refractivity contribution in [1.29, 1.82) is 0 Å². The van der Waals surface area contributed by atoms with E-state index in [0.717, 1.165) is 12.8 Å². The zero-order valence-electron chi connectivity index (χ0n) is 16.3. The lowest BCUT2D eigenvalue weighted by atomic mass is 9.98. The van der Waals surface area contributed by atoms with Crippen molar-refractivity contribution >= 4 is 23.7 Å². The molecular formula is C17H33N5O5. The van der Waals surface area contributed by atoms with Gasteiger partial charge in [0.05, 0.1) is 12.6 Å². The highest BCUT2D eigenvalue weighted by atomic mass is 16.4. The Kier molecular flexibility index (Phi) is 12.0. The molecule has 0 radical (unpaired) electrons. The Hall–Kier alpha value is -2.20. The Morgan fingerprint density at radius 2 is 1.67 bits per heavy atom. The van der Waals surface area contributed by atoms with Gasteiger partial charge in [-0.3, -0.25) is 19.2 Å². The van der Waals surface area contributed by atoms with Crippen LogP contribution in [0.1, 0.15) is 46.5 Å². The Labute approximate surface area is 159 Å². The number of carbonyl (C=O) groups excluding carboxylic acids is 3. The molecule has 0 heterocycles. The SMILES string of the molecule is CCC(C)C(NC(=O)CNC(=O)C(N)CCCCN)C(=O)NC(C)C(=O)O. The molecule has 4 atom stereocenters. The molecule has 0 aliphatic heterocycles. The predicted molar refractivity (Wildman–Crippen MR) is 101 cm³/mol. The Bertz CT molecular complexity index is 514. The van der Waals surface area contributed by atoms with Gasteiger partial charge in [-0.05, 0) is 32.2 Å². The van der Waals surface area contributed by atoms with Gasteiger partial charge in [-0.25, -0.2) is 0 Å². The molecule has 8 N–H and O–H groups in total. The molecule has 0 saturated heterocycles. The third-order valence-electron chi connectivity index (χ3n) is 4.27. The third-order valence-corrected chi connectivity index (χ3v) is 4.27. The van der Waals surface area contributed by atoms with Gasteiger partial charge in [-0.2, -0.15) is 0 Å². The highest BCUT2D eigenvalue weighted by Crippen LogP contribution is 2.08. The molecule has 0 aromatic rings. The molecule has 0 spiro atoms. The monoisotopic (exact) mass is 387 g/mol. The molecule has 0 bridgehead atoms. The summed E-state index contributed by atoms with van der Waals surface area (Å²) in [6, 6.07) is -2.71. The summed E-state index contributed by atoms with van der Waals surface area (Å²) in [5.41, 5.74) is 11.1. The van der Waals surface area contributed by atoms with Crippen molar-refractivity contribution in [1.82, 2.24) is 16.0 Å². The molecule has 156 valence electrons. The normalized spacial score (nSPS) is 15.1. The number of rotatable bonds is 13. The molecule has 0 saturated carbocycles. The van der Waals surface area contributed by atoms with Crippen LogP contribution in [0.2, 0.25) is 0 Å². The minimum Gasteiger partial charge on any atom is -0.480 e. The molecule has 0 aromatic heterocycles. The van der Waals surface area contributed by atoms with Crippen molar-refractivity contribution in [2.75, 3.05) is 13.1 Å². The summed E-state index contributed by atoms with van der Waals surface area (Å²) in [6.45, 7) is 5.15. The predicted octanol–water partition coefficient (Wildman–Crippen LogP) is -1.32. The minimum atomic E-state index is -1.17. The fraction of sp³-hybridized carbons (Fsp3) is 0.765. The second kappa shape index (κ2) is 13.0. The summed E-state index contributed by atoms with van der Waals surface area (Å²) in [5.74, 6) is -2.98. The summed E-state index contributed by atoms with van der Waals surface area (Å²) < 4.78 is 0. The van der Waals surface area contributed by atoms with Crippen molar-refractivity contribution < 1.29 is 24.3 Å². The molecule has 0 fully saturated rings. The third kappa shape index (κ3) is 9.90. The number of aliphatic carboxylic acids is 1. The fourth-order valence-electron chi connectivity index (χ4n) is 2.23. The van der Waals surface area contributed by atoms with E-state index in [0.29, 0.717) is 19.4 Å². The number of amides is 3. The number of hydrogen-bond donors (Lipinski definition) is 6. The van der Waals surface area contributed by atoms with Crippen LogP contribution in [0.25, 0.3) is 0 Å². The van der Waals surface area contributed by atoms with E-state index >= 15 is 0 Å². The molecule has 4 unspecified atom stereocenters. The standard InChI is InChI=1S/C17H33N5O5/c1-4-10(2)14(16(25)21-11(3)17(26)27)22-13(23)9-20-15(24)12(19)7-5-6-8-18/h10-12,14H,4-9,18-19H2,1-3H3,(H,20,24)(H,21,25)(H,22,23)(H,26,27). The average molecular weight is 387 g/mol. The van der Waals surface area contributed by atoms with E-state index in [9.17, 15) is 19.2 Å². The van der Waals surface area contributed by atoms with Crippen LogP contribution in [0, 0.1) is 5.92 Å². The first kappa shape index (κ1) is 24.8. The smallest absolute Gasteiger partial charge is 0.325 e. The van der Waals surface area contributed by atoms with Crippen LogP contribution >= 0.6 is 0 Å². The maximum Gasteiger partial charge on any atom is 0.325 e. The number of nitrogens with two attached hydrogens (primary N) is 2. The lowest BCUT2D eigenvalue weighted by Gasteiger charge is -2.24. The van der Waals surface area contributed by atoms with E-state index in [1.165, 1.54) is 6.92 Å². The summed E-state index contributed by atoms with van der Waals surface area (Å²) >= 11 is 0. The molecule has 27 heavy (non-hydrogen) atoms. The molecule has 0 rings (SSSR count). The van der Waals surface area contributed by atoms with Crippen molar-refractivity contribution in [3.8, 4) is 0 Å². The molecule has 0 aliphatic rings. The molecule has 0 aromatic carbocycles. The van der Waals surface area contributed by atoms with Gasteiger partial charge < -0.3 is 32.5 Å². The fourth-order valence-corrected chi connectivity index (χ4v) is 2.23. The van der Waals surface area contributed by atoms with Gasteiger partial charge >= 0.3 is 5.97 Å². The Morgan fingerprint density at radius 1 is 1.04 bits per heavy atom. The van der Waals surface area contributed by atoms with Gasteiger partial charge in [-0.1, -0.05) is 26.7 Å². The molecule has 0 aliphatic carbocycles. The van der Waals surface area contributed by atoms with Crippen LogP contribution in [0.5, 0.6) is 0 Å². The number of unbranched alkanes of at least 4 members (excludes halogenated alkanes) is 1. The summed E-state index contributed by atoms with van der Waals surface area (Å²) in [5, 5.41) is 16.2. The lowest BCUT2D eigenvalue weighted by molar-refractivity contribution is -0.142. The number of nitrogens with one attached hydrogen (secondary N) is 3. The maximum absolute atomic E-state index is 12.3.